The maximum absolute atomic E-state index is 13.5. The number of rotatable bonds is 4. The summed E-state index contributed by atoms with van der Waals surface area (Å²) in [6.45, 7) is 1.88. The van der Waals surface area contributed by atoms with Crippen LogP contribution in [0.4, 0.5) is 16.1 Å². The van der Waals surface area contributed by atoms with Crippen LogP contribution in [0.1, 0.15) is 18.9 Å². The predicted octanol–water partition coefficient (Wildman–Crippen LogP) is 2.89. The fourth-order valence-corrected chi connectivity index (χ4v) is 1.45. The molecule has 96 valence electrons. The van der Waals surface area contributed by atoms with Gasteiger partial charge in [-0.05, 0) is 32.2 Å². The first-order valence-corrected chi connectivity index (χ1v) is 5.70. The average molecular weight is 271 g/mol. The van der Waals surface area contributed by atoms with Crippen LogP contribution in [0, 0.1) is 5.82 Å². The smallest absolute Gasteiger partial charge is 0.320 e. The van der Waals surface area contributed by atoms with Crippen molar-refractivity contribution in [1.29, 1.82) is 0 Å². The second kappa shape index (κ2) is 5.32. The van der Waals surface area contributed by atoms with Gasteiger partial charge in [0.15, 0.2) is 0 Å². The van der Waals surface area contributed by atoms with Crippen molar-refractivity contribution in [1.82, 2.24) is 15.5 Å². The maximum atomic E-state index is 13.5. The summed E-state index contributed by atoms with van der Waals surface area (Å²) in [6, 6.07) is 4.34. The Balaban J connectivity index is 2.16. The van der Waals surface area contributed by atoms with E-state index in [1.165, 1.54) is 12.1 Å². The van der Waals surface area contributed by atoms with E-state index < -0.39 is 5.82 Å². The summed E-state index contributed by atoms with van der Waals surface area (Å²) in [5, 5.41) is 13.6. The molecule has 2 aromatic rings. The number of nitrogens with zero attached hydrogens (tertiary/aromatic N) is 2. The Bertz CT molecular complexity index is 546. The van der Waals surface area contributed by atoms with Gasteiger partial charge in [0.2, 0.25) is 5.89 Å². The standard InChI is InChI=1S/C11H12ClFN4O/c1-6(14-2)10-16-17-11(18-10)15-9-4-3-7(12)5-8(9)13/h3-6,14H,1-2H3,(H,15,17). The molecule has 1 aromatic carbocycles. The summed E-state index contributed by atoms with van der Waals surface area (Å²) < 4.78 is 18.8. The first-order chi connectivity index (χ1) is 8.60. The highest BCUT2D eigenvalue weighted by molar-refractivity contribution is 6.30. The van der Waals surface area contributed by atoms with Crippen LogP contribution in [0.5, 0.6) is 0 Å². The largest absolute Gasteiger partial charge is 0.406 e. The van der Waals surface area contributed by atoms with Gasteiger partial charge in [-0.3, -0.25) is 0 Å². The van der Waals surface area contributed by atoms with E-state index in [2.05, 4.69) is 20.8 Å². The van der Waals surface area contributed by atoms with Crippen molar-refractivity contribution in [3.05, 3.63) is 34.9 Å². The molecular formula is C11H12ClFN4O. The Labute approximate surface area is 108 Å². The molecule has 0 aliphatic carbocycles. The van der Waals surface area contributed by atoms with Crippen LogP contribution in [-0.4, -0.2) is 17.2 Å². The molecular weight excluding hydrogens is 259 g/mol. The Morgan fingerprint density at radius 1 is 1.39 bits per heavy atom. The van der Waals surface area contributed by atoms with Crippen LogP contribution in [0.15, 0.2) is 22.6 Å². The molecule has 0 bridgehead atoms. The normalized spacial score (nSPS) is 12.4. The summed E-state index contributed by atoms with van der Waals surface area (Å²) in [6.07, 6.45) is 0. The third kappa shape index (κ3) is 2.77. The highest BCUT2D eigenvalue weighted by Crippen LogP contribution is 2.23. The predicted molar refractivity (Wildman–Crippen MR) is 66.5 cm³/mol. The Morgan fingerprint density at radius 2 is 2.17 bits per heavy atom. The van der Waals surface area contributed by atoms with Crippen molar-refractivity contribution < 1.29 is 8.81 Å². The number of halogens is 2. The van der Waals surface area contributed by atoms with E-state index in [0.717, 1.165) is 0 Å². The molecule has 0 aliphatic rings. The molecule has 0 amide bonds. The van der Waals surface area contributed by atoms with E-state index in [1.54, 1.807) is 13.1 Å². The van der Waals surface area contributed by atoms with E-state index in [9.17, 15) is 4.39 Å². The minimum atomic E-state index is -0.482. The lowest BCUT2D eigenvalue weighted by Crippen LogP contribution is -2.12. The van der Waals surface area contributed by atoms with Crippen molar-refractivity contribution in [2.24, 2.45) is 0 Å². The van der Waals surface area contributed by atoms with Crippen molar-refractivity contribution >= 4 is 23.3 Å². The molecule has 0 saturated heterocycles. The van der Waals surface area contributed by atoms with Crippen LogP contribution < -0.4 is 10.6 Å². The number of hydrogen-bond acceptors (Lipinski definition) is 5. The summed E-state index contributed by atoms with van der Waals surface area (Å²) in [7, 11) is 1.78. The highest BCUT2D eigenvalue weighted by atomic mass is 35.5. The Morgan fingerprint density at radius 3 is 2.83 bits per heavy atom. The van der Waals surface area contributed by atoms with Gasteiger partial charge < -0.3 is 15.1 Å². The molecule has 2 rings (SSSR count). The van der Waals surface area contributed by atoms with Gasteiger partial charge in [0, 0.05) is 5.02 Å². The van der Waals surface area contributed by atoms with Crippen LogP contribution in [0.2, 0.25) is 5.02 Å². The molecule has 0 radical (unpaired) electrons. The molecule has 18 heavy (non-hydrogen) atoms. The van der Waals surface area contributed by atoms with Gasteiger partial charge in [-0.2, -0.15) is 0 Å². The van der Waals surface area contributed by atoms with Crippen LogP contribution >= 0.6 is 11.6 Å². The van der Waals surface area contributed by atoms with Crippen molar-refractivity contribution in [3.63, 3.8) is 0 Å². The van der Waals surface area contributed by atoms with Crippen molar-refractivity contribution in [2.75, 3.05) is 12.4 Å². The number of benzene rings is 1. The summed E-state index contributed by atoms with van der Waals surface area (Å²) >= 11 is 5.66. The molecule has 0 fully saturated rings. The van der Waals surface area contributed by atoms with Gasteiger partial charge >= 0.3 is 6.01 Å². The Kier molecular flexibility index (Phi) is 3.78. The highest BCUT2D eigenvalue weighted by Gasteiger charge is 2.13. The molecule has 7 heteroatoms. The van der Waals surface area contributed by atoms with Gasteiger partial charge in [-0.15, -0.1) is 5.10 Å². The lowest BCUT2D eigenvalue weighted by molar-refractivity contribution is 0.443. The van der Waals surface area contributed by atoms with Crippen LogP contribution in [0.3, 0.4) is 0 Å². The second-order valence-corrected chi connectivity index (χ2v) is 4.14. The van der Waals surface area contributed by atoms with Crippen LogP contribution in [-0.2, 0) is 0 Å². The molecule has 0 saturated carbocycles. The van der Waals surface area contributed by atoms with Gasteiger partial charge in [0.05, 0.1) is 11.7 Å². The van der Waals surface area contributed by atoms with E-state index in [0.29, 0.717) is 10.9 Å². The quantitative estimate of drug-likeness (QED) is 0.894. The lowest BCUT2D eigenvalue weighted by Gasteiger charge is -2.04. The number of hydrogen-bond donors (Lipinski definition) is 2. The van der Waals surface area contributed by atoms with Gasteiger partial charge in [0.1, 0.15) is 5.82 Å². The Hall–Kier alpha value is -1.66. The fourth-order valence-electron chi connectivity index (χ4n) is 1.29. The molecule has 1 aromatic heterocycles. The zero-order chi connectivity index (χ0) is 13.1. The number of aromatic nitrogens is 2. The van der Waals surface area contributed by atoms with Gasteiger partial charge in [-0.25, -0.2) is 4.39 Å². The number of anilines is 2. The monoisotopic (exact) mass is 270 g/mol. The summed E-state index contributed by atoms with van der Waals surface area (Å²) in [5.41, 5.74) is 0.228. The third-order valence-corrected chi connectivity index (χ3v) is 2.65. The average Bonchev–Trinajstić information content (AvgIpc) is 2.80. The molecule has 2 N–H and O–H groups in total. The van der Waals surface area contributed by atoms with Crippen molar-refractivity contribution in [3.8, 4) is 0 Å². The van der Waals surface area contributed by atoms with Crippen LogP contribution in [0.25, 0.3) is 0 Å². The van der Waals surface area contributed by atoms with Gasteiger partial charge in [-0.1, -0.05) is 16.7 Å². The zero-order valence-electron chi connectivity index (χ0n) is 9.87. The molecule has 1 heterocycles. The molecule has 0 spiro atoms. The lowest BCUT2D eigenvalue weighted by atomic mass is 10.3. The molecule has 0 aliphatic heterocycles. The van der Waals surface area contributed by atoms with E-state index in [4.69, 9.17) is 16.0 Å². The third-order valence-electron chi connectivity index (χ3n) is 2.42. The summed E-state index contributed by atoms with van der Waals surface area (Å²) in [4.78, 5) is 0. The van der Waals surface area contributed by atoms with Gasteiger partial charge in [0.25, 0.3) is 0 Å². The topological polar surface area (TPSA) is 63.0 Å². The SMILES string of the molecule is CNC(C)c1nnc(Nc2ccc(Cl)cc2F)o1. The molecule has 1 unspecified atom stereocenters. The van der Waals surface area contributed by atoms with E-state index in [1.807, 2.05) is 6.92 Å². The van der Waals surface area contributed by atoms with E-state index in [-0.39, 0.29) is 17.7 Å². The minimum absolute atomic E-state index is 0.0666. The minimum Gasteiger partial charge on any atom is -0.406 e. The molecule has 1 atom stereocenters. The first kappa shape index (κ1) is 12.8. The second-order valence-electron chi connectivity index (χ2n) is 3.70. The first-order valence-electron chi connectivity index (χ1n) is 5.33. The number of nitrogens with one attached hydrogen (secondary N) is 2. The maximum Gasteiger partial charge on any atom is 0.320 e. The fraction of sp³-hybridized carbons (Fsp3) is 0.273. The zero-order valence-corrected chi connectivity index (χ0v) is 10.6. The van der Waals surface area contributed by atoms with E-state index >= 15 is 0 Å². The summed E-state index contributed by atoms with van der Waals surface area (Å²) in [5.74, 6) is -0.0571. The molecule has 5 nitrogen and oxygen atoms in total. The van der Waals surface area contributed by atoms with Crippen molar-refractivity contribution in [2.45, 2.75) is 13.0 Å².